The molecular formula is C52H54N4. The maximum Gasteiger partial charge on any atom is 0.0950 e. The maximum atomic E-state index is 5.30. The molecular weight excluding hydrogens is 681 g/mol. The van der Waals surface area contributed by atoms with Crippen LogP contribution in [0.5, 0.6) is 0 Å². The first-order valence-corrected chi connectivity index (χ1v) is 20.7. The van der Waals surface area contributed by atoms with Crippen molar-refractivity contribution in [3.05, 3.63) is 215 Å². The summed E-state index contributed by atoms with van der Waals surface area (Å²) in [6.45, 7) is 0. The SMILES string of the molecule is C(C=NC1CCCC[C@@H]1NC(c1ccccc1)(c1ccccc1)c1ccccc1)=NC1CCCC[C@@H]1NC(c1ccccc1)(c1ccccc1)c1ccccc1. The highest BCUT2D eigenvalue weighted by Crippen LogP contribution is 2.41. The Hall–Kier alpha value is -5.42. The molecule has 2 aliphatic rings. The van der Waals surface area contributed by atoms with Gasteiger partial charge in [0.1, 0.15) is 0 Å². The Morgan fingerprint density at radius 2 is 0.571 bits per heavy atom. The van der Waals surface area contributed by atoms with E-state index in [2.05, 4.69) is 193 Å². The van der Waals surface area contributed by atoms with Gasteiger partial charge < -0.3 is 0 Å². The van der Waals surface area contributed by atoms with Gasteiger partial charge in [-0.25, -0.2) is 0 Å². The molecule has 2 N–H and O–H groups in total. The molecule has 4 nitrogen and oxygen atoms in total. The molecule has 6 aromatic carbocycles. The Kier molecular flexibility index (Phi) is 12.1. The van der Waals surface area contributed by atoms with Crippen molar-refractivity contribution in [2.24, 2.45) is 9.98 Å². The van der Waals surface area contributed by atoms with E-state index >= 15 is 0 Å². The monoisotopic (exact) mass is 734 g/mol. The first-order chi connectivity index (χ1) is 27.8. The normalized spacial score (nSPS) is 20.6. The van der Waals surface area contributed by atoms with Gasteiger partial charge in [-0.1, -0.05) is 208 Å². The molecule has 2 saturated carbocycles. The molecule has 6 aromatic rings. The topological polar surface area (TPSA) is 48.8 Å². The van der Waals surface area contributed by atoms with Crippen molar-refractivity contribution in [2.45, 2.75) is 86.6 Å². The third-order valence-electron chi connectivity index (χ3n) is 12.1. The van der Waals surface area contributed by atoms with Gasteiger partial charge in [-0.2, -0.15) is 0 Å². The minimum atomic E-state index is -0.516. The molecule has 4 atom stereocenters. The Morgan fingerprint density at radius 3 is 0.821 bits per heavy atom. The molecule has 0 saturated heterocycles. The molecule has 282 valence electrons. The van der Waals surface area contributed by atoms with Crippen molar-refractivity contribution < 1.29 is 0 Å². The molecule has 0 aliphatic heterocycles. The van der Waals surface area contributed by atoms with Crippen LogP contribution in [-0.2, 0) is 11.1 Å². The molecule has 0 aromatic heterocycles. The zero-order valence-electron chi connectivity index (χ0n) is 32.3. The van der Waals surface area contributed by atoms with E-state index in [1.807, 2.05) is 12.4 Å². The van der Waals surface area contributed by atoms with Gasteiger partial charge >= 0.3 is 0 Å². The van der Waals surface area contributed by atoms with E-state index in [4.69, 9.17) is 9.98 Å². The van der Waals surface area contributed by atoms with Crippen molar-refractivity contribution >= 4 is 12.4 Å². The molecule has 8 rings (SSSR count). The molecule has 0 radical (unpaired) electrons. The average Bonchev–Trinajstić information content (AvgIpc) is 3.29. The third kappa shape index (κ3) is 7.95. The largest absolute Gasteiger partial charge is 0.295 e. The molecule has 0 amide bonds. The van der Waals surface area contributed by atoms with Crippen LogP contribution in [-0.4, -0.2) is 36.6 Å². The van der Waals surface area contributed by atoms with Crippen LogP contribution in [0.15, 0.2) is 192 Å². The Morgan fingerprint density at radius 1 is 0.339 bits per heavy atom. The summed E-state index contributed by atoms with van der Waals surface area (Å²) < 4.78 is 0. The van der Waals surface area contributed by atoms with Crippen LogP contribution in [0.1, 0.15) is 84.7 Å². The third-order valence-corrected chi connectivity index (χ3v) is 12.1. The van der Waals surface area contributed by atoms with Crippen molar-refractivity contribution in [2.75, 3.05) is 0 Å². The molecule has 2 aliphatic carbocycles. The van der Waals surface area contributed by atoms with Crippen LogP contribution in [0.25, 0.3) is 0 Å². The van der Waals surface area contributed by atoms with Crippen molar-refractivity contribution in [1.29, 1.82) is 0 Å². The Balaban J connectivity index is 1.08. The standard InChI is InChI=1S/C52H54N4/c1-7-23-41(24-8-1)51(42-25-9-2-10-26-42,43-27-11-3-12-28-43)55-49-37-21-19-35-47(49)53-39-40-54-48-36-20-22-38-50(48)56-52(44-29-13-4-14-30-44,45-31-15-5-16-32-45)46-33-17-6-18-34-46/h1-18,23-34,39-40,47-50,55-56H,19-22,35-38H2/t47?,48?,49-,50-/m0/s1. The summed E-state index contributed by atoms with van der Waals surface area (Å²) in [5.41, 5.74) is 6.39. The first-order valence-electron chi connectivity index (χ1n) is 20.7. The summed E-state index contributed by atoms with van der Waals surface area (Å²) >= 11 is 0. The van der Waals surface area contributed by atoms with Gasteiger partial charge in [0.2, 0.25) is 0 Å². The van der Waals surface area contributed by atoms with E-state index in [9.17, 15) is 0 Å². The molecule has 0 bridgehead atoms. The fraction of sp³-hybridized carbons (Fsp3) is 0.269. The zero-order valence-corrected chi connectivity index (χ0v) is 32.3. The molecule has 0 spiro atoms. The number of aliphatic imine (C=N–C) groups is 2. The zero-order chi connectivity index (χ0) is 37.9. The van der Waals surface area contributed by atoms with Crippen LogP contribution >= 0.6 is 0 Å². The van der Waals surface area contributed by atoms with E-state index in [1.54, 1.807) is 0 Å². The van der Waals surface area contributed by atoms with E-state index in [0.717, 1.165) is 25.7 Å². The van der Waals surface area contributed by atoms with Gasteiger partial charge in [-0.3, -0.25) is 20.6 Å². The molecule has 2 fully saturated rings. The van der Waals surface area contributed by atoms with Crippen LogP contribution < -0.4 is 10.6 Å². The van der Waals surface area contributed by atoms with Crippen LogP contribution in [0.4, 0.5) is 0 Å². The fourth-order valence-corrected chi connectivity index (χ4v) is 9.40. The van der Waals surface area contributed by atoms with Gasteiger partial charge in [0, 0.05) is 24.5 Å². The number of hydrogen-bond donors (Lipinski definition) is 2. The molecule has 2 unspecified atom stereocenters. The van der Waals surface area contributed by atoms with Crippen LogP contribution in [0, 0.1) is 0 Å². The summed E-state index contributed by atoms with van der Waals surface area (Å²) in [4.78, 5) is 10.6. The Labute approximate surface area is 333 Å². The lowest BCUT2D eigenvalue weighted by atomic mass is 9.75. The molecule has 0 heterocycles. The minimum Gasteiger partial charge on any atom is -0.295 e. The highest BCUT2D eigenvalue weighted by molar-refractivity contribution is 6.16. The predicted octanol–water partition coefficient (Wildman–Crippen LogP) is 10.9. The predicted molar refractivity (Wildman–Crippen MR) is 234 cm³/mol. The second kappa shape index (κ2) is 18.0. The van der Waals surface area contributed by atoms with Gasteiger partial charge in [0.05, 0.1) is 23.2 Å². The smallest absolute Gasteiger partial charge is 0.0950 e. The lowest BCUT2D eigenvalue weighted by Gasteiger charge is -2.43. The minimum absolute atomic E-state index is 0.146. The van der Waals surface area contributed by atoms with Crippen molar-refractivity contribution in [1.82, 2.24) is 10.6 Å². The summed E-state index contributed by atoms with van der Waals surface area (Å²) in [6, 6.07) is 66.3. The average molecular weight is 735 g/mol. The number of benzene rings is 6. The quantitative estimate of drug-likeness (QED) is 0.0917. The number of rotatable bonds is 13. The lowest BCUT2D eigenvalue weighted by Crippen LogP contribution is -2.54. The first kappa shape index (κ1) is 37.5. The highest BCUT2D eigenvalue weighted by Gasteiger charge is 2.42. The van der Waals surface area contributed by atoms with Gasteiger partial charge in [-0.15, -0.1) is 0 Å². The highest BCUT2D eigenvalue weighted by atomic mass is 15.1. The summed E-state index contributed by atoms with van der Waals surface area (Å²) in [7, 11) is 0. The number of nitrogens with one attached hydrogen (secondary N) is 2. The summed E-state index contributed by atoms with van der Waals surface area (Å²) in [6.07, 6.45) is 13.0. The number of nitrogens with zero attached hydrogens (tertiary/aromatic N) is 2. The summed E-state index contributed by atoms with van der Waals surface area (Å²) in [5.74, 6) is 0. The number of hydrogen-bond acceptors (Lipinski definition) is 4. The van der Waals surface area contributed by atoms with E-state index in [-0.39, 0.29) is 24.2 Å². The summed E-state index contributed by atoms with van der Waals surface area (Å²) in [5, 5.41) is 8.54. The van der Waals surface area contributed by atoms with Crippen LogP contribution in [0.3, 0.4) is 0 Å². The maximum absolute atomic E-state index is 5.30. The second-order valence-electron chi connectivity index (χ2n) is 15.5. The van der Waals surface area contributed by atoms with Crippen molar-refractivity contribution in [3.63, 3.8) is 0 Å². The Bertz CT molecular complexity index is 1770. The van der Waals surface area contributed by atoms with E-state index in [1.165, 1.54) is 59.1 Å². The lowest BCUT2D eigenvalue weighted by molar-refractivity contribution is 0.281. The van der Waals surface area contributed by atoms with Crippen LogP contribution in [0.2, 0.25) is 0 Å². The van der Waals surface area contributed by atoms with Crippen molar-refractivity contribution in [3.8, 4) is 0 Å². The molecule has 4 heteroatoms. The van der Waals surface area contributed by atoms with E-state index in [0.29, 0.717) is 0 Å². The van der Waals surface area contributed by atoms with Gasteiger partial charge in [0.25, 0.3) is 0 Å². The second-order valence-corrected chi connectivity index (χ2v) is 15.5. The fourth-order valence-electron chi connectivity index (χ4n) is 9.40. The van der Waals surface area contributed by atoms with Gasteiger partial charge in [0.15, 0.2) is 0 Å². The van der Waals surface area contributed by atoms with Gasteiger partial charge in [-0.05, 0) is 59.1 Å². The molecule has 56 heavy (non-hydrogen) atoms. The van der Waals surface area contributed by atoms with E-state index < -0.39 is 11.1 Å².